The Morgan fingerprint density at radius 1 is 1.06 bits per heavy atom. The van der Waals surface area contributed by atoms with E-state index in [4.69, 9.17) is 14.6 Å². The number of pyridine rings is 2. The van der Waals surface area contributed by atoms with Crippen molar-refractivity contribution in [3.63, 3.8) is 0 Å². The summed E-state index contributed by atoms with van der Waals surface area (Å²) in [7, 11) is 1.57. The second-order valence-electron chi connectivity index (χ2n) is 7.86. The van der Waals surface area contributed by atoms with E-state index in [-0.39, 0.29) is 6.61 Å². The summed E-state index contributed by atoms with van der Waals surface area (Å²) in [5, 5.41) is 4.72. The number of aryl methyl sites for hydroxylation is 2. The van der Waals surface area contributed by atoms with E-state index in [2.05, 4.69) is 16.0 Å². The van der Waals surface area contributed by atoms with Gasteiger partial charge in [0.25, 0.3) is 0 Å². The van der Waals surface area contributed by atoms with Crippen molar-refractivity contribution >= 4 is 6.29 Å². The largest absolute Gasteiger partial charge is 0.487 e. The van der Waals surface area contributed by atoms with Crippen molar-refractivity contribution in [2.45, 2.75) is 26.5 Å². The quantitative estimate of drug-likeness (QED) is 0.353. The third-order valence-electron chi connectivity index (χ3n) is 5.38. The summed E-state index contributed by atoms with van der Waals surface area (Å²) in [6, 6.07) is 13.2. The Hall–Kier alpha value is -3.84. The van der Waals surface area contributed by atoms with Crippen molar-refractivity contribution in [1.29, 1.82) is 0 Å². The number of aromatic nitrogens is 4. The predicted molar refractivity (Wildman–Crippen MR) is 126 cm³/mol. The van der Waals surface area contributed by atoms with Gasteiger partial charge >= 0.3 is 0 Å². The number of aldehydes is 1. The molecule has 0 radical (unpaired) electrons. The molecule has 33 heavy (non-hydrogen) atoms. The Morgan fingerprint density at radius 2 is 1.82 bits per heavy atom. The Labute approximate surface area is 193 Å². The van der Waals surface area contributed by atoms with Crippen LogP contribution in [0.1, 0.15) is 22.9 Å². The second-order valence-corrected chi connectivity index (χ2v) is 7.86. The molecular weight excluding hydrogens is 416 g/mol. The molecule has 3 aromatic heterocycles. The third kappa shape index (κ3) is 5.15. The standard InChI is InChI=1S/C26H26N4O3/c1-18-12-19(2)25(28-13-18)17-33-23-6-4-21(5-7-23)26-24(20-8-10-27-11-9-20)14-30(29-26)22(15-31)16-32-3/h4-15,22H,16-17H2,1-3H3. The van der Waals surface area contributed by atoms with Crippen molar-refractivity contribution < 1.29 is 14.3 Å². The first-order valence-corrected chi connectivity index (χ1v) is 10.7. The van der Waals surface area contributed by atoms with Crippen LogP contribution >= 0.6 is 0 Å². The lowest BCUT2D eigenvalue weighted by atomic mass is 10.0. The second kappa shape index (κ2) is 10.2. The lowest BCUT2D eigenvalue weighted by Crippen LogP contribution is -2.16. The van der Waals surface area contributed by atoms with Crippen molar-refractivity contribution in [1.82, 2.24) is 19.7 Å². The molecule has 0 spiro atoms. The molecule has 0 aliphatic heterocycles. The van der Waals surface area contributed by atoms with Gasteiger partial charge in [0.15, 0.2) is 0 Å². The highest BCUT2D eigenvalue weighted by Gasteiger charge is 2.18. The van der Waals surface area contributed by atoms with Crippen LogP contribution in [-0.4, -0.2) is 39.8 Å². The first kappa shape index (κ1) is 22.4. The summed E-state index contributed by atoms with van der Waals surface area (Å²) >= 11 is 0. The van der Waals surface area contributed by atoms with Crippen molar-refractivity contribution in [3.8, 4) is 28.1 Å². The molecule has 7 nitrogen and oxygen atoms in total. The topological polar surface area (TPSA) is 79.1 Å². The molecule has 0 amide bonds. The maximum atomic E-state index is 11.6. The maximum absolute atomic E-state index is 11.6. The van der Waals surface area contributed by atoms with E-state index in [1.165, 1.54) is 0 Å². The summed E-state index contributed by atoms with van der Waals surface area (Å²) < 4.78 is 12.8. The van der Waals surface area contributed by atoms with E-state index >= 15 is 0 Å². The Balaban J connectivity index is 1.61. The van der Waals surface area contributed by atoms with Gasteiger partial charge in [-0.15, -0.1) is 0 Å². The highest BCUT2D eigenvalue weighted by Crippen LogP contribution is 2.32. The molecule has 4 rings (SSSR count). The van der Waals surface area contributed by atoms with Gasteiger partial charge in [-0.25, -0.2) is 0 Å². The average Bonchev–Trinajstić information content (AvgIpc) is 3.28. The number of rotatable bonds is 9. The fourth-order valence-corrected chi connectivity index (χ4v) is 3.62. The smallest absolute Gasteiger partial charge is 0.146 e. The van der Waals surface area contributed by atoms with Gasteiger partial charge < -0.3 is 14.3 Å². The minimum atomic E-state index is -0.503. The van der Waals surface area contributed by atoms with Crippen LogP contribution in [0.5, 0.6) is 5.75 Å². The molecule has 3 heterocycles. The molecule has 0 bridgehead atoms. The number of hydrogen-bond acceptors (Lipinski definition) is 6. The van der Waals surface area contributed by atoms with Crippen LogP contribution in [0, 0.1) is 13.8 Å². The lowest BCUT2D eigenvalue weighted by molar-refractivity contribution is -0.112. The summed E-state index contributed by atoms with van der Waals surface area (Å²) in [5.41, 5.74) is 6.73. The van der Waals surface area contributed by atoms with Crippen LogP contribution < -0.4 is 4.74 Å². The van der Waals surface area contributed by atoms with Gasteiger partial charge in [0.1, 0.15) is 30.4 Å². The summed E-state index contributed by atoms with van der Waals surface area (Å²) in [6.45, 7) is 4.71. The first-order valence-electron chi connectivity index (χ1n) is 10.7. The van der Waals surface area contributed by atoms with Gasteiger partial charge in [0.05, 0.1) is 12.3 Å². The number of carbonyl (C=O) groups is 1. The molecule has 0 aliphatic rings. The lowest BCUT2D eigenvalue weighted by Gasteiger charge is -2.10. The zero-order valence-corrected chi connectivity index (χ0v) is 18.9. The molecule has 0 saturated carbocycles. The van der Waals surface area contributed by atoms with Crippen molar-refractivity contribution in [3.05, 3.63) is 84.1 Å². The average molecular weight is 443 g/mol. The SMILES string of the molecule is COCC(C=O)n1cc(-c2ccncc2)c(-c2ccc(OCc3ncc(C)cc3C)cc2)n1. The van der Waals surface area contributed by atoms with Gasteiger partial charge in [-0.3, -0.25) is 14.6 Å². The normalized spacial score (nSPS) is 11.8. The zero-order valence-electron chi connectivity index (χ0n) is 18.9. The van der Waals surface area contributed by atoms with Gasteiger partial charge in [-0.05, 0) is 66.9 Å². The van der Waals surface area contributed by atoms with Gasteiger partial charge in [0, 0.05) is 43.0 Å². The molecule has 4 aromatic rings. The Bertz CT molecular complexity index is 1220. The van der Waals surface area contributed by atoms with Crippen LogP contribution in [0.3, 0.4) is 0 Å². The number of nitrogens with zero attached hydrogens (tertiary/aromatic N) is 4. The van der Waals surface area contributed by atoms with E-state index in [1.54, 1.807) is 24.2 Å². The molecule has 0 saturated heterocycles. The predicted octanol–water partition coefficient (Wildman–Crippen LogP) is 4.59. The zero-order chi connectivity index (χ0) is 23.2. The maximum Gasteiger partial charge on any atom is 0.146 e. The molecule has 1 unspecified atom stereocenters. The summed E-state index contributed by atoms with van der Waals surface area (Å²) in [5.74, 6) is 0.746. The van der Waals surface area contributed by atoms with E-state index in [0.29, 0.717) is 6.61 Å². The van der Waals surface area contributed by atoms with E-state index < -0.39 is 6.04 Å². The molecular formula is C26H26N4O3. The van der Waals surface area contributed by atoms with E-state index in [9.17, 15) is 4.79 Å². The van der Waals surface area contributed by atoms with E-state index in [1.807, 2.05) is 62.6 Å². The molecule has 1 atom stereocenters. The third-order valence-corrected chi connectivity index (χ3v) is 5.38. The number of benzene rings is 1. The Kier molecular flexibility index (Phi) is 6.90. The minimum absolute atomic E-state index is 0.250. The molecule has 0 aliphatic carbocycles. The highest BCUT2D eigenvalue weighted by molar-refractivity contribution is 5.80. The van der Waals surface area contributed by atoms with Crippen molar-refractivity contribution in [2.75, 3.05) is 13.7 Å². The van der Waals surface area contributed by atoms with Crippen molar-refractivity contribution in [2.24, 2.45) is 0 Å². The van der Waals surface area contributed by atoms with Crippen LogP contribution in [0.15, 0.2) is 67.3 Å². The molecule has 168 valence electrons. The molecule has 0 fully saturated rings. The molecule has 7 heteroatoms. The van der Waals surface area contributed by atoms with Gasteiger partial charge in [-0.2, -0.15) is 5.10 Å². The highest BCUT2D eigenvalue weighted by atomic mass is 16.5. The molecule has 0 N–H and O–H groups in total. The first-order chi connectivity index (χ1) is 16.1. The summed E-state index contributed by atoms with van der Waals surface area (Å²) in [4.78, 5) is 20.2. The number of methoxy groups -OCH3 is 1. The fourth-order valence-electron chi connectivity index (χ4n) is 3.62. The number of ether oxygens (including phenoxy) is 2. The number of hydrogen-bond donors (Lipinski definition) is 0. The summed E-state index contributed by atoms with van der Waals surface area (Å²) in [6.07, 6.45) is 8.04. The number of carbonyl (C=O) groups excluding carboxylic acids is 1. The molecule has 1 aromatic carbocycles. The van der Waals surface area contributed by atoms with E-state index in [0.717, 1.165) is 51.2 Å². The van der Waals surface area contributed by atoms with Crippen LogP contribution in [0.25, 0.3) is 22.4 Å². The van der Waals surface area contributed by atoms with Crippen LogP contribution in [0.2, 0.25) is 0 Å². The van der Waals surface area contributed by atoms with Crippen LogP contribution in [0.4, 0.5) is 0 Å². The minimum Gasteiger partial charge on any atom is -0.487 e. The van der Waals surface area contributed by atoms with Crippen LogP contribution in [-0.2, 0) is 16.1 Å². The van der Waals surface area contributed by atoms with Gasteiger partial charge in [-0.1, -0.05) is 6.07 Å². The van der Waals surface area contributed by atoms with Gasteiger partial charge in [0.2, 0.25) is 0 Å². The fraction of sp³-hybridized carbons (Fsp3) is 0.231. The monoisotopic (exact) mass is 442 g/mol. The Morgan fingerprint density at radius 3 is 2.48 bits per heavy atom.